The number of nitrogens with two attached hydrogens (primary N) is 1. The van der Waals surface area contributed by atoms with E-state index < -0.39 is 7.59 Å². The second-order valence-corrected chi connectivity index (χ2v) is 9.50. The lowest BCUT2D eigenvalue weighted by molar-refractivity contribution is 0.350. The average molecular weight is 283 g/mol. The van der Waals surface area contributed by atoms with Crippen molar-refractivity contribution in [2.24, 2.45) is 17.3 Å². The zero-order valence-corrected chi connectivity index (χ0v) is 12.6. The van der Waals surface area contributed by atoms with Crippen LogP contribution in [0.4, 0.5) is 0 Å². The molecule has 4 nitrogen and oxygen atoms in total. The van der Waals surface area contributed by atoms with Crippen LogP contribution in [0, 0.1) is 11.8 Å². The highest BCUT2D eigenvalue weighted by Crippen LogP contribution is 2.54. The fourth-order valence-electron chi connectivity index (χ4n) is 5.43. The van der Waals surface area contributed by atoms with Gasteiger partial charge in [0.1, 0.15) is 0 Å². The molecular weight excluding hydrogens is 257 g/mol. The van der Waals surface area contributed by atoms with E-state index in [0.717, 1.165) is 37.5 Å². The maximum atomic E-state index is 12.8. The first kappa shape index (κ1) is 12.8. The summed E-state index contributed by atoms with van der Waals surface area (Å²) in [5, 5.41) is 6.77. The predicted molar refractivity (Wildman–Crippen MR) is 76.7 cm³/mol. The van der Waals surface area contributed by atoms with Gasteiger partial charge in [0.2, 0.25) is 0 Å². The highest BCUT2D eigenvalue weighted by Gasteiger charge is 2.51. The molecule has 4 saturated carbocycles. The minimum Gasteiger partial charge on any atom is -0.271 e. The van der Waals surface area contributed by atoms with Gasteiger partial charge in [-0.3, -0.25) is 10.1 Å². The smallest absolute Gasteiger partial charge is 0.271 e. The summed E-state index contributed by atoms with van der Waals surface area (Å²) in [6.45, 7) is 0. The van der Waals surface area contributed by atoms with Crippen molar-refractivity contribution >= 4 is 7.59 Å². The Hall–Kier alpha value is 0.110. The van der Waals surface area contributed by atoms with E-state index >= 15 is 0 Å². The van der Waals surface area contributed by atoms with Gasteiger partial charge in [-0.2, -0.15) is 0 Å². The summed E-state index contributed by atoms with van der Waals surface area (Å²) < 4.78 is 12.8. The van der Waals surface area contributed by atoms with Crippen molar-refractivity contribution in [3.8, 4) is 0 Å². The molecule has 0 aromatic heterocycles. The molecule has 0 unspecified atom stereocenters. The van der Waals surface area contributed by atoms with Gasteiger partial charge in [-0.05, 0) is 76.0 Å². The van der Waals surface area contributed by atoms with E-state index in [4.69, 9.17) is 5.50 Å². The minimum atomic E-state index is -2.90. The molecule has 0 atom stereocenters. The van der Waals surface area contributed by atoms with Gasteiger partial charge in [-0.1, -0.05) is 0 Å². The fourth-order valence-corrected chi connectivity index (χ4v) is 7.52. The van der Waals surface area contributed by atoms with Crippen molar-refractivity contribution < 1.29 is 4.57 Å². The molecule has 0 heterocycles. The summed E-state index contributed by atoms with van der Waals surface area (Å²) in [4.78, 5) is 0. The van der Waals surface area contributed by atoms with Crippen LogP contribution < -0.4 is 15.7 Å². The Labute approximate surface area is 115 Å². The normalized spacial score (nSPS) is 50.8. The second kappa shape index (κ2) is 4.07. The molecule has 0 spiro atoms. The summed E-state index contributed by atoms with van der Waals surface area (Å²) in [5.74, 6) is 1.71. The molecule has 4 N–H and O–H groups in total. The van der Waals surface area contributed by atoms with Crippen LogP contribution in [0.25, 0.3) is 0 Å². The standard InChI is InChI=1S/C14H26N3OP/c15-19(18,16-13-5-1-11(9-13)2-6-13)17-14-7-3-12(10-14)4-8-14/h11-12H,1-10H2,(H4,15,16,17,18). The topological polar surface area (TPSA) is 67.2 Å². The Kier molecular flexibility index (Phi) is 2.74. The van der Waals surface area contributed by atoms with E-state index in [2.05, 4.69) is 10.2 Å². The lowest BCUT2D eigenvalue weighted by atomic mass is 9.95. The molecule has 0 aliphatic heterocycles. The van der Waals surface area contributed by atoms with Crippen molar-refractivity contribution in [2.75, 3.05) is 0 Å². The van der Waals surface area contributed by atoms with Crippen LogP contribution in [0.2, 0.25) is 0 Å². The minimum absolute atomic E-state index is 0.0925. The molecule has 0 aromatic carbocycles. The molecule has 19 heavy (non-hydrogen) atoms. The summed E-state index contributed by atoms with van der Waals surface area (Å²) in [6, 6.07) is 0. The third-order valence-electron chi connectivity index (χ3n) is 6.29. The molecule has 4 aliphatic carbocycles. The highest BCUT2D eigenvalue weighted by molar-refractivity contribution is 7.57. The molecular formula is C14H26N3OP. The molecule has 4 aliphatic rings. The first-order valence-electron chi connectivity index (χ1n) is 7.96. The number of hydrogen-bond acceptors (Lipinski definition) is 1. The van der Waals surface area contributed by atoms with Gasteiger partial charge < -0.3 is 0 Å². The first-order valence-corrected chi connectivity index (χ1v) is 9.73. The van der Waals surface area contributed by atoms with Crippen molar-refractivity contribution in [1.29, 1.82) is 0 Å². The molecule has 0 amide bonds. The first-order chi connectivity index (χ1) is 8.99. The molecule has 5 heteroatoms. The Balaban J connectivity index is 1.46. The van der Waals surface area contributed by atoms with E-state index in [1.807, 2.05) is 0 Å². The number of fused-ring (bicyclic) bond motifs is 4. The molecule has 4 bridgehead atoms. The van der Waals surface area contributed by atoms with Crippen LogP contribution in [-0.2, 0) is 4.57 Å². The third kappa shape index (κ3) is 2.21. The van der Waals surface area contributed by atoms with Crippen LogP contribution in [0.3, 0.4) is 0 Å². The maximum Gasteiger partial charge on any atom is 0.277 e. The lowest BCUT2D eigenvalue weighted by Crippen LogP contribution is -2.49. The molecule has 0 aromatic rings. The van der Waals surface area contributed by atoms with Gasteiger partial charge in [-0.25, -0.2) is 10.2 Å². The predicted octanol–water partition coefficient (Wildman–Crippen LogP) is 2.90. The molecule has 0 saturated heterocycles. The summed E-state index contributed by atoms with van der Waals surface area (Å²) >= 11 is 0. The zero-order chi connectivity index (χ0) is 13.1. The van der Waals surface area contributed by atoms with Crippen molar-refractivity contribution in [3.05, 3.63) is 0 Å². The fraction of sp³-hybridized carbons (Fsp3) is 1.00. The summed E-state index contributed by atoms with van der Waals surface area (Å²) in [6.07, 6.45) is 12.2. The Morgan fingerprint density at radius 3 is 1.47 bits per heavy atom. The molecule has 4 fully saturated rings. The number of nitrogens with one attached hydrogen (secondary N) is 2. The Morgan fingerprint density at radius 1 is 0.842 bits per heavy atom. The molecule has 108 valence electrons. The van der Waals surface area contributed by atoms with Crippen LogP contribution in [0.15, 0.2) is 0 Å². The van der Waals surface area contributed by atoms with Crippen molar-refractivity contribution in [2.45, 2.75) is 75.3 Å². The third-order valence-corrected chi connectivity index (χ3v) is 7.90. The number of hydrogen-bond donors (Lipinski definition) is 3. The zero-order valence-electron chi connectivity index (χ0n) is 11.7. The van der Waals surface area contributed by atoms with Gasteiger partial charge >= 0.3 is 0 Å². The van der Waals surface area contributed by atoms with Gasteiger partial charge in [0, 0.05) is 11.1 Å². The van der Waals surface area contributed by atoms with E-state index in [-0.39, 0.29) is 11.1 Å². The highest BCUT2D eigenvalue weighted by atomic mass is 31.2. The van der Waals surface area contributed by atoms with Gasteiger partial charge in [-0.15, -0.1) is 0 Å². The van der Waals surface area contributed by atoms with E-state index in [1.165, 1.54) is 38.5 Å². The molecule has 4 rings (SSSR count). The largest absolute Gasteiger partial charge is 0.277 e. The van der Waals surface area contributed by atoms with Crippen molar-refractivity contribution in [1.82, 2.24) is 10.2 Å². The number of rotatable bonds is 4. The second-order valence-electron chi connectivity index (χ2n) is 7.74. The Bertz CT molecular complexity index is 386. The lowest BCUT2D eigenvalue weighted by Gasteiger charge is -2.37. The van der Waals surface area contributed by atoms with E-state index in [1.54, 1.807) is 0 Å². The SMILES string of the molecule is NP(=O)(NC12CCC(CC1)C2)NC12CCC(CC1)C2. The molecule has 0 radical (unpaired) electrons. The van der Waals surface area contributed by atoms with Gasteiger partial charge in [0.15, 0.2) is 0 Å². The van der Waals surface area contributed by atoms with E-state index in [0.29, 0.717) is 0 Å². The quantitative estimate of drug-likeness (QED) is 0.694. The van der Waals surface area contributed by atoms with Crippen LogP contribution >= 0.6 is 7.59 Å². The van der Waals surface area contributed by atoms with Gasteiger partial charge in [0.05, 0.1) is 0 Å². The van der Waals surface area contributed by atoms with Gasteiger partial charge in [0.25, 0.3) is 7.59 Å². The van der Waals surface area contributed by atoms with Crippen LogP contribution in [0.1, 0.15) is 64.2 Å². The van der Waals surface area contributed by atoms with Crippen LogP contribution in [0.5, 0.6) is 0 Å². The monoisotopic (exact) mass is 283 g/mol. The van der Waals surface area contributed by atoms with Crippen LogP contribution in [-0.4, -0.2) is 11.1 Å². The summed E-state index contributed by atoms with van der Waals surface area (Å²) in [5.41, 5.74) is 6.35. The Morgan fingerprint density at radius 2 is 1.21 bits per heavy atom. The summed E-state index contributed by atoms with van der Waals surface area (Å²) in [7, 11) is -2.90. The van der Waals surface area contributed by atoms with Crippen molar-refractivity contribution in [3.63, 3.8) is 0 Å². The average Bonchev–Trinajstić information content (AvgIpc) is 3.05. The maximum absolute atomic E-state index is 12.8. The van der Waals surface area contributed by atoms with E-state index in [9.17, 15) is 4.57 Å².